The molecule has 0 aliphatic rings. The summed E-state index contributed by atoms with van der Waals surface area (Å²) in [4.78, 5) is 0. The molecule has 0 spiro atoms. The van der Waals surface area contributed by atoms with Gasteiger partial charge in [-0.2, -0.15) is 0 Å². The largest absolute Gasteiger partial charge is 0.395 e. The molecule has 0 aliphatic heterocycles. The van der Waals surface area contributed by atoms with Crippen LogP contribution < -0.4 is 5.32 Å². The molecule has 0 saturated heterocycles. The highest BCUT2D eigenvalue weighted by Gasteiger charge is 2.12. The second kappa shape index (κ2) is 6.63. The summed E-state index contributed by atoms with van der Waals surface area (Å²) in [6.45, 7) is 4.78. The maximum atomic E-state index is 9.17. The molecule has 0 aliphatic carbocycles. The number of aryl methyl sites for hydroxylation is 1. The first kappa shape index (κ1) is 13.2. The summed E-state index contributed by atoms with van der Waals surface area (Å²) < 4.78 is 5.03. The van der Waals surface area contributed by atoms with Gasteiger partial charge >= 0.3 is 0 Å². The van der Waals surface area contributed by atoms with Gasteiger partial charge in [-0.05, 0) is 19.4 Å². The summed E-state index contributed by atoms with van der Waals surface area (Å²) in [6.07, 6.45) is 0. The minimum absolute atomic E-state index is 0.0134. The van der Waals surface area contributed by atoms with Gasteiger partial charge < -0.3 is 15.2 Å². The molecule has 90 valence electrons. The Morgan fingerprint density at radius 3 is 2.75 bits per heavy atom. The third-order valence-electron chi connectivity index (χ3n) is 2.62. The summed E-state index contributed by atoms with van der Waals surface area (Å²) in [5.74, 6) is 0. The van der Waals surface area contributed by atoms with Gasteiger partial charge in [-0.1, -0.05) is 29.8 Å². The molecule has 2 atom stereocenters. The Kier molecular flexibility index (Phi) is 5.46. The SMILES string of the molecule is COCC(CO)NC(C)c1cccc(C)c1. The van der Waals surface area contributed by atoms with Gasteiger partial charge in [0.1, 0.15) is 0 Å². The predicted octanol–water partition coefficient (Wildman–Crippen LogP) is 1.65. The third-order valence-corrected chi connectivity index (χ3v) is 2.62. The van der Waals surface area contributed by atoms with Crippen LogP contribution in [0.4, 0.5) is 0 Å². The van der Waals surface area contributed by atoms with Crippen LogP contribution in [0.3, 0.4) is 0 Å². The van der Waals surface area contributed by atoms with Gasteiger partial charge in [-0.15, -0.1) is 0 Å². The van der Waals surface area contributed by atoms with Crippen molar-refractivity contribution >= 4 is 0 Å². The van der Waals surface area contributed by atoms with Crippen LogP contribution >= 0.6 is 0 Å². The Morgan fingerprint density at radius 2 is 2.19 bits per heavy atom. The fraction of sp³-hybridized carbons (Fsp3) is 0.538. The fourth-order valence-corrected chi connectivity index (χ4v) is 1.74. The van der Waals surface area contributed by atoms with Crippen molar-refractivity contribution in [1.29, 1.82) is 0 Å². The number of methoxy groups -OCH3 is 1. The van der Waals surface area contributed by atoms with Crippen molar-refractivity contribution in [3.63, 3.8) is 0 Å². The van der Waals surface area contributed by atoms with Crippen LogP contribution in [0.15, 0.2) is 24.3 Å². The predicted molar refractivity (Wildman–Crippen MR) is 65.5 cm³/mol. The number of aliphatic hydroxyl groups excluding tert-OH is 1. The van der Waals surface area contributed by atoms with Crippen molar-refractivity contribution in [2.75, 3.05) is 20.3 Å². The van der Waals surface area contributed by atoms with E-state index in [2.05, 4.69) is 37.4 Å². The molecule has 0 heterocycles. The first-order valence-electron chi connectivity index (χ1n) is 5.59. The summed E-state index contributed by atoms with van der Waals surface area (Å²) in [6, 6.07) is 8.57. The standard InChI is InChI=1S/C13H21NO2/c1-10-5-4-6-12(7-10)11(2)14-13(8-15)9-16-3/h4-7,11,13-15H,8-9H2,1-3H3. The molecule has 2 N–H and O–H groups in total. The van der Waals surface area contributed by atoms with Crippen molar-refractivity contribution in [3.8, 4) is 0 Å². The Bertz CT molecular complexity index is 315. The molecule has 16 heavy (non-hydrogen) atoms. The number of ether oxygens (including phenoxy) is 1. The first-order chi connectivity index (χ1) is 7.67. The average Bonchev–Trinajstić information content (AvgIpc) is 2.28. The number of nitrogens with one attached hydrogen (secondary N) is 1. The van der Waals surface area contributed by atoms with Crippen molar-refractivity contribution in [2.24, 2.45) is 0 Å². The lowest BCUT2D eigenvalue weighted by Crippen LogP contribution is -2.38. The zero-order valence-electron chi connectivity index (χ0n) is 10.2. The van der Waals surface area contributed by atoms with Gasteiger partial charge in [0.25, 0.3) is 0 Å². The zero-order chi connectivity index (χ0) is 12.0. The second-order valence-corrected chi connectivity index (χ2v) is 4.14. The van der Waals surface area contributed by atoms with Crippen LogP contribution in [0, 0.1) is 6.92 Å². The summed E-state index contributed by atoms with van der Waals surface area (Å²) in [7, 11) is 1.64. The van der Waals surface area contributed by atoms with Gasteiger partial charge in [0, 0.05) is 13.2 Å². The lowest BCUT2D eigenvalue weighted by molar-refractivity contribution is 0.123. The van der Waals surface area contributed by atoms with E-state index in [4.69, 9.17) is 9.84 Å². The number of hydrogen-bond acceptors (Lipinski definition) is 3. The van der Waals surface area contributed by atoms with E-state index in [1.165, 1.54) is 11.1 Å². The van der Waals surface area contributed by atoms with E-state index in [-0.39, 0.29) is 18.7 Å². The number of aliphatic hydroxyl groups is 1. The molecule has 1 aromatic rings. The molecule has 2 unspecified atom stereocenters. The molecule has 0 fully saturated rings. The van der Waals surface area contributed by atoms with Crippen LogP contribution in [-0.4, -0.2) is 31.5 Å². The van der Waals surface area contributed by atoms with Crippen LogP contribution in [0.25, 0.3) is 0 Å². The molecule has 1 rings (SSSR count). The lowest BCUT2D eigenvalue weighted by Gasteiger charge is -2.21. The second-order valence-electron chi connectivity index (χ2n) is 4.14. The van der Waals surface area contributed by atoms with Gasteiger partial charge in [-0.25, -0.2) is 0 Å². The van der Waals surface area contributed by atoms with Gasteiger partial charge in [-0.3, -0.25) is 0 Å². The van der Waals surface area contributed by atoms with Crippen molar-refractivity contribution in [2.45, 2.75) is 25.9 Å². The van der Waals surface area contributed by atoms with E-state index in [1.54, 1.807) is 7.11 Å². The third kappa shape index (κ3) is 3.93. The van der Waals surface area contributed by atoms with Crippen molar-refractivity contribution in [1.82, 2.24) is 5.32 Å². The average molecular weight is 223 g/mol. The maximum absolute atomic E-state index is 9.17. The Hall–Kier alpha value is -0.900. The Labute approximate surface area is 97.4 Å². The van der Waals surface area contributed by atoms with Crippen molar-refractivity contribution in [3.05, 3.63) is 35.4 Å². The van der Waals surface area contributed by atoms with E-state index in [0.29, 0.717) is 6.61 Å². The van der Waals surface area contributed by atoms with Crippen molar-refractivity contribution < 1.29 is 9.84 Å². The monoisotopic (exact) mass is 223 g/mol. The zero-order valence-corrected chi connectivity index (χ0v) is 10.2. The van der Waals surface area contributed by atoms with Crippen LogP contribution in [0.1, 0.15) is 24.1 Å². The van der Waals surface area contributed by atoms with E-state index < -0.39 is 0 Å². The minimum atomic E-state index is -0.0134. The summed E-state index contributed by atoms with van der Waals surface area (Å²) in [5.41, 5.74) is 2.48. The lowest BCUT2D eigenvalue weighted by atomic mass is 10.1. The fourth-order valence-electron chi connectivity index (χ4n) is 1.74. The number of benzene rings is 1. The molecular formula is C13H21NO2. The minimum Gasteiger partial charge on any atom is -0.395 e. The molecular weight excluding hydrogens is 202 g/mol. The highest BCUT2D eigenvalue weighted by atomic mass is 16.5. The topological polar surface area (TPSA) is 41.5 Å². The van der Waals surface area contributed by atoms with Gasteiger partial charge in [0.15, 0.2) is 0 Å². The molecule has 1 aromatic carbocycles. The Morgan fingerprint density at radius 1 is 1.44 bits per heavy atom. The summed E-state index contributed by atoms with van der Waals surface area (Å²) in [5, 5.41) is 12.5. The smallest absolute Gasteiger partial charge is 0.0638 e. The van der Waals surface area contributed by atoms with Gasteiger partial charge in [0.05, 0.1) is 19.3 Å². The first-order valence-corrected chi connectivity index (χ1v) is 5.59. The number of hydrogen-bond donors (Lipinski definition) is 2. The maximum Gasteiger partial charge on any atom is 0.0638 e. The van der Waals surface area contributed by atoms with E-state index in [9.17, 15) is 0 Å². The van der Waals surface area contributed by atoms with E-state index in [1.807, 2.05) is 6.07 Å². The molecule has 3 nitrogen and oxygen atoms in total. The molecule has 0 aromatic heterocycles. The quantitative estimate of drug-likeness (QED) is 0.770. The van der Waals surface area contributed by atoms with E-state index in [0.717, 1.165) is 0 Å². The van der Waals surface area contributed by atoms with Crippen LogP contribution in [-0.2, 0) is 4.74 Å². The van der Waals surface area contributed by atoms with Crippen LogP contribution in [0.2, 0.25) is 0 Å². The molecule has 0 saturated carbocycles. The normalized spacial score (nSPS) is 14.8. The van der Waals surface area contributed by atoms with Gasteiger partial charge in [0.2, 0.25) is 0 Å². The summed E-state index contributed by atoms with van der Waals surface area (Å²) >= 11 is 0. The van der Waals surface area contributed by atoms with E-state index >= 15 is 0 Å². The molecule has 0 radical (unpaired) electrons. The number of rotatable bonds is 6. The van der Waals surface area contributed by atoms with Crippen LogP contribution in [0.5, 0.6) is 0 Å². The molecule has 0 amide bonds. The molecule has 0 bridgehead atoms. The highest BCUT2D eigenvalue weighted by molar-refractivity contribution is 5.24. The molecule has 3 heteroatoms. The Balaban J connectivity index is 2.60. The highest BCUT2D eigenvalue weighted by Crippen LogP contribution is 2.14.